The molecule has 332 valence electrons. The smallest absolute Gasteiger partial charge is 0.378 e. The number of ether oxygens (including phenoxy) is 1. The van der Waals surface area contributed by atoms with Crippen LogP contribution >= 0.6 is 24.6 Å². The Morgan fingerprint density at radius 3 is 2.36 bits per heavy atom. The highest BCUT2D eigenvalue weighted by Crippen LogP contribution is 2.41. The number of piperazine rings is 1. The van der Waals surface area contributed by atoms with Gasteiger partial charge in [0.05, 0.1) is 35.5 Å². The molecule has 0 aromatic heterocycles. The summed E-state index contributed by atoms with van der Waals surface area (Å²) in [5.41, 5.74) is -2.10. The molecule has 6 rings (SSSR count). The van der Waals surface area contributed by atoms with Crippen molar-refractivity contribution in [3.63, 3.8) is 0 Å². The van der Waals surface area contributed by atoms with E-state index >= 15 is 0 Å². The van der Waals surface area contributed by atoms with E-state index in [1.165, 1.54) is 12.1 Å². The first-order valence-corrected chi connectivity index (χ1v) is 20.1. The standard InChI is InChI=1S/C40H46F6N8O5S.ClH/c1-38(2)36(58)53(28-8-7-24(21-47)30(20-28)39(41,42)43)37(60)54(38)27-9-11-29(12-10-27)59-18-4-15-51-16-17-52(32(22-51)40(44,45)46)23-34(56)49-26-6-3-5-25(19-26)48-31-13-14-33(55)50-35(31)57;/h3,5-8,19-20,27,29,31-32,48H,4,9-18,22-23H2,1-2H3,(H,49,56)(H,50,55,57);1H/t27?,29?,31?,32-;/m1./s1. The van der Waals surface area contributed by atoms with Gasteiger partial charge in [-0.1, -0.05) is 6.07 Å². The van der Waals surface area contributed by atoms with Gasteiger partial charge in [0.2, 0.25) is 17.7 Å². The fourth-order valence-corrected chi connectivity index (χ4v) is 8.91. The molecule has 1 saturated carbocycles. The van der Waals surface area contributed by atoms with Gasteiger partial charge in [0.1, 0.15) is 17.6 Å². The van der Waals surface area contributed by atoms with Gasteiger partial charge >= 0.3 is 12.4 Å². The molecular weight excluding hydrogens is 854 g/mol. The SMILES string of the molecule is CC1(C)C(=O)N(c2ccc(C#N)c(C(F)(F)F)c2)C(=S)N1C1CCC(OCCCN2CCN(CC(=O)Nc3cccc(NC4CCC(=O)NC4=O)c3)[C@@H](C(F)(F)F)C2)CC1.Cl. The molecular formula is C40H47ClF6N8O5S. The Morgan fingerprint density at radius 1 is 1.00 bits per heavy atom. The van der Waals surface area contributed by atoms with Crippen LogP contribution in [0.1, 0.15) is 69.9 Å². The van der Waals surface area contributed by atoms with Crippen molar-refractivity contribution in [1.29, 1.82) is 5.26 Å². The Morgan fingerprint density at radius 2 is 1.70 bits per heavy atom. The minimum absolute atomic E-state index is 0. The highest BCUT2D eigenvalue weighted by Gasteiger charge is 2.53. The first-order valence-electron chi connectivity index (χ1n) is 19.7. The number of halogens is 7. The van der Waals surface area contributed by atoms with Gasteiger partial charge in [0.25, 0.3) is 5.91 Å². The Balaban J connectivity index is 0.00000704. The van der Waals surface area contributed by atoms with Crippen molar-refractivity contribution in [2.24, 2.45) is 0 Å². The van der Waals surface area contributed by atoms with Crippen LogP contribution in [0.3, 0.4) is 0 Å². The summed E-state index contributed by atoms with van der Waals surface area (Å²) in [4.78, 5) is 55.8. The van der Waals surface area contributed by atoms with Gasteiger partial charge in [-0.2, -0.15) is 31.6 Å². The number of hydrogen-bond donors (Lipinski definition) is 3. The molecule has 0 spiro atoms. The van der Waals surface area contributed by atoms with E-state index in [9.17, 15) is 50.8 Å². The molecule has 1 aliphatic carbocycles. The molecule has 4 aliphatic rings. The molecule has 3 saturated heterocycles. The second-order valence-electron chi connectivity index (χ2n) is 16.0. The lowest BCUT2D eigenvalue weighted by molar-refractivity contribution is -0.197. The molecule has 0 radical (unpaired) electrons. The predicted molar refractivity (Wildman–Crippen MR) is 219 cm³/mol. The van der Waals surface area contributed by atoms with Crippen LogP contribution in [-0.2, 0) is 30.1 Å². The number of alkyl halides is 6. The van der Waals surface area contributed by atoms with E-state index < -0.39 is 65.4 Å². The number of carbonyl (C=O) groups excluding carboxylic acids is 4. The number of piperidine rings is 1. The van der Waals surface area contributed by atoms with Crippen molar-refractivity contribution in [3.8, 4) is 6.07 Å². The Kier molecular flexibility index (Phi) is 15.0. The first kappa shape index (κ1) is 47.5. The molecule has 3 aliphatic heterocycles. The third kappa shape index (κ3) is 11.1. The first-order chi connectivity index (χ1) is 28.3. The number of nitrogens with one attached hydrogen (secondary N) is 3. The summed E-state index contributed by atoms with van der Waals surface area (Å²) in [7, 11) is 0. The Bertz CT molecular complexity index is 2030. The number of nitrogens with zero attached hydrogens (tertiary/aromatic N) is 5. The minimum atomic E-state index is -4.81. The Hall–Kier alpha value is -4.55. The van der Waals surface area contributed by atoms with Crippen molar-refractivity contribution in [2.75, 3.05) is 54.9 Å². The van der Waals surface area contributed by atoms with Gasteiger partial charge in [-0.25, -0.2) is 0 Å². The molecule has 3 heterocycles. The fourth-order valence-electron chi connectivity index (χ4n) is 8.35. The zero-order valence-electron chi connectivity index (χ0n) is 33.4. The van der Waals surface area contributed by atoms with Crippen LogP contribution in [-0.4, -0.2) is 119 Å². The van der Waals surface area contributed by atoms with Crippen molar-refractivity contribution in [3.05, 3.63) is 53.6 Å². The molecule has 21 heteroatoms. The van der Waals surface area contributed by atoms with E-state index in [1.54, 1.807) is 47.9 Å². The molecule has 4 amide bonds. The van der Waals surface area contributed by atoms with Crippen molar-refractivity contribution in [2.45, 2.75) is 101 Å². The third-order valence-corrected chi connectivity index (χ3v) is 11.8. The zero-order valence-corrected chi connectivity index (χ0v) is 35.0. The molecule has 61 heavy (non-hydrogen) atoms. The van der Waals surface area contributed by atoms with Gasteiger partial charge in [-0.15, -0.1) is 12.4 Å². The highest BCUT2D eigenvalue weighted by molar-refractivity contribution is 7.80. The molecule has 2 aromatic carbocycles. The van der Waals surface area contributed by atoms with E-state index in [0.29, 0.717) is 69.6 Å². The lowest BCUT2D eigenvalue weighted by atomic mass is 9.89. The van der Waals surface area contributed by atoms with Crippen molar-refractivity contribution in [1.82, 2.24) is 20.0 Å². The molecule has 13 nitrogen and oxygen atoms in total. The Labute approximate surface area is 360 Å². The number of nitriles is 1. The molecule has 4 fully saturated rings. The lowest BCUT2D eigenvalue weighted by Gasteiger charge is -2.42. The van der Waals surface area contributed by atoms with Gasteiger partial charge in [-0.05, 0) is 101 Å². The quantitative estimate of drug-likeness (QED) is 0.102. The van der Waals surface area contributed by atoms with Crippen LogP contribution in [0.2, 0.25) is 0 Å². The normalized spacial score (nSPS) is 23.9. The van der Waals surface area contributed by atoms with Crippen LogP contribution in [0.15, 0.2) is 42.5 Å². The lowest BCUT2D eigenvalue weighted by Crippen LogP contribution is -2.60. The maximum atomic E-state index is 14.3. The minimum Gasteiger partial charge on any atom is -0.378 e. The van der Waals surface area contributed by atoms with Crippen LogP contribution in [0.4, 0.5) is 43.4 Å². The summed E-state index contributed by atoms with van der Waals surface area (Å²) in [5, 5.41) is 17.2. The molecule has 2 aromatic rings. The summed E-state index contributed by atoms with van der Waals surface area (Å²) in [6, 6.07) is 8.37. The molecule has 3 N–H and O–H groups in total. The largest absolute Gasteiger partial charge is 0.417 e. The van der Waals surface area contributed by atoms with E-state index in [1.807, 2.05) is 0 Å². The van der Waals surface area contributed by atoms with Crippen LogP contribution in [0, 0.1) is 11.3 Å². The molecule has 2 atom stereocenters. The zero-order chi connectivity index (χ0) is 43.6. The number of imide groups is 1. The number of carbonyl (C=O) groups is 4. The van der Waals surface area contributed by atoms with Crippen molar-refractivity contribution >= 4 is 70.4 Å². The summed E-state index contributed by atoms with van der Waals surface area (Å²) >= 11 is 5.68. The molecule has 0 bridgehead atoms. The van der Waals surface area contributed by atoms with Gasteiger partial charge in [0, 0.05) is 56.6 Å². The van der Waals surface area contributed by atoms with Crippen LogP contribution < -0.4 is 20.9 Å². The summed E-state index contributed by atoms with van der Waals surface area (Å²) in [5.74, 6) is -1.92. The van der Waals surface area contributed by atoms with Crippen LogP contribution in [0.5, 0.6) is 0 Å². The highest BCUT2D eigenvalue weighted by atomic mass is 35.5. The number of rotatable bonds is 12. The van der Waals surface area contributed by atoms with Gasteiger partial charge in [0.15, 0.2) is 5.11 Å². The second kappa shape index (κ2) is 19.2. The number of anilines is 3. The van der Waals surface area contributed by atoms with Crippen molar-refractivity contribution < 1.29 is 50.3 Å². The number of hydrogen-bond acceptors (Lipinski definition) is 10. The van der Waals surface area contributed by atoms with E-state index in [-0.39, 0.29) is 60.8 Å². The number of thiocarbonyl (C=S) groups is 1. The maximum Gasteiger partial charge on any atom is 0.417 e. The topological polar surface area (TPSA) is 150 Å². The summed E-state index contributed by atoms with van der Waals surface area (Å²) < 4.78 is 90.1. The fraction of sp³-hybridized carbons (Fsp3) is 0.550. The van der Waals surface area contributed by atoms with Gasteiger partial charge in [-0.3, -0.25) is 34.3 Å². The van der Waals surface area contributed by atoms with E-state index in [2.05, 4.69) is 16.0 Å². The number of amides is 4. The summed E-state index contributed by atoms with van der Waals surface area (Å²) in [6.07, 6.45) is -6.17. The maximum absolute atomic E-state index is 14.3. The van der Waals surface area contributed by atoms with E-state index in [0.717, 1.165) is 21.9 Å². The third-order valence-electron chi connectivity index (χ3n) is 11.4. The monoisotopic (exact) mass is 900 g/mol. The number of benzene rings is 2. The van der Waals surface area contributed by atoms with Gasteiger partial charge < -0.3 is 25.2 Å². The summed E-state index contributed by atoms with van der Waals surface area (Å²) in [6.45, 7) is 3.55. The average Bonchev–Trinajstić information content (AvgIpc) is 3.36. The van der Waals surface area contributed by atoms with E-state index in [4.69, 9.17) is 17.0 Å². The second-order valence-corrected chi connectivity index (χ2v) is 16.3. The molecule has 1 unspecified atom stereocenters. The average molecular weight is 901 g/mol. The van der Waals surface area contributed by atoms with Crippen LogP contribution in [0.25, 0.3) is 0 Å². The predicted octanol–water partition coefficient (Wildman–Crippen LogP) is 5.83.